The van der Waals surface area contributed by atoms with Gasteiger partial charge in [0.05, 0.1) is 18.6 Å². The zero-order valence-corrected chi connectivity index (χ0v) is 16.2. The maximum Gasteiger partial charge on any atom is 0.266 e. The van der Waals surface area contributed by atoms with Crippen molar-refractivity contribution >= 4 is 28.9 Å². The summed E-state index contributed by atoms with van der Waals surface area (Å²) in [4.78, 5) is 19.3. The van der Waals surface area contributed by atoms with Gasteiger partial charge in [0.25, 0.3) is 5.91 Å². The summed E-state index contributed by atoms with van der Waals surface area (Å²) in [6.45, 7) is 8.01. The Hall–Kier alpha value is -1.95. The number of hydrogen-bond acceptors (Lipinski definition) is 5. The number of amidine groups is 1. The Morgan fingerprint density at radius 2 is 2.04 bits per heavy atom. The second-order valence-electron chi connectivity index (χ2n) is 5.53. The van der Waals surface area contributed by atoms with E-state index in [4.69, 9.17) is 9.47 Å². The van der Waals surface area contributed by atoms with Crippen molar-refractivity contribution in [2.45, 2.75) is 33.6 Å². The van der Waals surface area contributed by atoms with Gasteiger partial charge in [-0.15, -0.1) is 0 Å². The number of rotatable bonds is 8. The number of carbonyl (C=O) groups is 1. The molecule has 1 amide bonds. The number of ether oxygens (including phenoxy) is 2. The molecule has 0 saturated carbocycles. The number of carbonyl (C=O) groups excluding carboxylic acids is 1. The van der Waals surface area contributed by atoms with E-state index in [1.165, 1.54) is 11.8 Å². The molecular weight excluding hydrogens is 336 g/mol. The number of likely N-dealkylation sites (N-methyl/N-ethyl adjacent to an activating group) is 1. The summed E-state index contributed by atoms with van der Waals surface area (Å²) in [5, 5.41) is 0.771. The quantitative estimate of drug-likeness (QED) is 0.514. The monoisotopic (exact) mass is 362 g/mol. The average Bonchev–Trinajstić information content (AvgIpc) is 2.91. The minimum absolute atomic E-state index is 0.00180. The molecule has 0 aromatic heterocycles. The summed E-state index contributed by atoms with van der Waals surface area (Å²) >= 11 is 1.42. The van der Waals surface area contributed by atoms with Crippen LogP contribution >= 0.6 is 11.8 Å². The molecule has 1 saturated heterocycles. The third-order valence-corrected chi connectivity index (χ3v) is 4.78. The van der Waals surface area contributed by atoms with E-state index in [1.807, 2.05) is 38.1 Å². The summed E-state index contributed by atoms with van der Waals surface area (Å²) in [5.74, 6) is 1.41. The largest absolute Gasteiger partial charge is 0.493 e. The van der Waals surface area contributed by atoms with Crippen molar-refractivity contribution in [2.24, 2.45) is 4.99 Å². The molecule has 0 spiro atoms. The predicted molar refractivity (Wildman–Crippen MR) is 104 cm³/mol. The molecule has 0 aliphatic carbocycles. The minimum Gasteiger partial charge on any atom is -0.493 e. The molecule has 0 bridgehead atoms. The number of nitrogens with zero attached hydrogens (tertiary/aromatic N) is 2. The van der Waals surface area contributed by atoms with E-state index in [0.29, 0.717) is 30.4 Å². The van der Waals surface area contributed by atoms with Crippen LogP contribution in [0.4, 0.5) is 0 Å². The smallest absolute Gasteiger partial charge is 0.266 e. The lowest BCUT2D eigenvalue weighted by molar-refractivity contribution is -0.122. The minimum atomic E-state index is 0.00180. The van der Waals surface area contributed by atoms with Gasteiger partial charge in [-0.05, 0) is 55.8 Å². The number of aliphatic imine (C=N–C) groups is 1. The summed E-state index contributed by atoms with van der Waals surface area (Å²) < 4.78 is 11.2. The van der Waals surface area contributed by atoms with Crippen LogP contribution in [0, 0.1) is 0 Å². The molecule has 1 aromatic carbocycles. The first-order valence-electron chi connectivity index (χ1n) is 8.71. The topological polar surface area (TPSA) is 51.1 Å². The molecule has 1 aliphatic heterocycles. The highest BCUT2D eigenvalue weighted by Crippen LogP contribution is 2.34. The fourth-order valence-corrected chi connectivity index (χ4v) is 3.52. The van der Waals surface area contributed by atoms with Crippen molar-refractivity contribution in [1.29, 1.82) is 0 Å². The predicted octanol–water partition coefficient (Wildman–Crippen LogP) is 4.19. The van der Waals surface area contributed by atoms with Gasteiger partial charge in [-0.3, -0.25) is 14.7 Å². The van der Waals surface area contributed by atoms with Crippen molar-refractivity contribution < 1.29 is 14.3 Å². The first kappa shape index (κ1) is 19.4. The summed E-state index contributed by atoms with van der Waals surface area (Å²) in [6, 6.07) is 5.73. The highest BCUT2D eigenvalue weighted by molar-refractivity contribution is 8.18. The lowest BCUT2D eigenvalue weighted by Gasteiger charge is -2.11. The van der Waals surface area contributed by atoms with Crippen LogP contribution in [0.15, 0.2) is 28.1 Å². The lowest BCUT2D eigenvalue weighted by atomic mass is 10.2. The summed E-state index contributed by atoms with van der Waals surface area (Å²) in [6.07, 6.45) is 3.97. The molecule has 5 nitrogen and oxygen atoms in total. The van der Waals surface area contributed by atoms with Crippen molar-refractivity contribution in [3.05, 3.63) is 28.7 Å². The highest BCUT2D eigenvalue weighted by Gasteiger charge is 2.31. The summed E-state index contributed by atoms with van der Waals surface area (Å²) in [7, 11) is 1.62. The molecule has 2 rings (SSSR count). The molecule has 136 valence electrons. The van der Waals surface area contributed by atoms with E-state index in [2.05, 4.69) is 11.9 Å². The van der Waals surface area contributed by atoms with Crippen LogP contribution in [0.2, 0.25) is 0 Å². The number of unbranched alkanes of at least 4 members (excludes halogenated alkanes) is 1. The Bertz CT molecular complexity index is 671. The molecule has 6 heteroatoms. The zero-order chi connectivity index (χ0) is 18.2. The Kier molecular flexibility index (Phi) is 7.37. The van der Waals surface area contributed by atoms with Gasteiger partial charge in [0.1, 0.15) is 0 Å². The first-order chi connectivity index (χ1) is 12.1. The van der Waals surface area contributed by atoms with Crippen LogP contribution in [0.5, 0.6) is 11.5 Å². The van der Waals surface area contributed by atoms with Crippen LogP contribution in [-0.2, 0) is 4.79 Å². The maximum absolute atomic E-state index is 12.5. The van der Waals surface area contributed by atoms with Crippen LogP contribution in [-0.4, -0.2) is 42.8 Å². The molecule has 25 heavy (non-hydrogen) atoms. The molecule has 0 radical (unpaired) electrons. The molecule has 1 fully saturated rings. The first-order valence-corrected chi connectivity index (χ1v) is 9.52. The molecular formula is C19H26N2O3S. The maximum atomic E-state index is 12.5. The lowest BCUT2D eigenvalue weighted by Crippen LogP contribution is -2.28. The van der Waals surface area contributed by atoms with Crippen LogP contribution in [0.25, 0.3) is 6.08 Å². The van der Waals surface area contributed by atoms with Gasteiger partial charge in [0.2, 0.25) is 0 Å². The molecule has 0 unspecified atom stereocenters. The SMILES string of the molecule is CCCCOc1ccc(/C=C2\SC(=NCC)N(CC)C2=O)cc1OC. The average molecular weight is 362 g/mol. The van der Waals surface area contributed by atoms with Gasteiger partial charge in [0, 0.05) is 13.1 Å². The molecule has 1 aliphatic rings. The molecule has 0 atom stereocenters. The third kappa shape index (κ3) is 4.78. The Morgan fingerprint density at radius 3 is 2.68 bits per heavy atom. The Labute approximate surface area is 154 Å². The van der Waals surface area contributed by atoms with Gasteiger partial charge in [-0.25, -0.2) is 0 Å². The van der Waals surface area contributed by atoms with Crippen molar-refractivity contribution in [2.75, 3.05) is 26.8 Å². The highest BCUT2D eigenvalue weighted by atomic mass is 32.2. The van der Waals surface area contributed by atoms with Crippen molar-refractivity contribution in [1.82, 2.24) is 4.90 Å². The van der Waals surface area contributed by atoms with E-state index >= 15 is 0 Å². The van der Waals surface area contributed by atoms with Crippen molar-refractivity contribution in [3.8, 4) is 11.5 Å². The number of methoxy groups -OCH3 is 1. The van der Waals surface area contributed by atoms with Crippen LogP contribution < -0.4 is 9.47 Å². The fourth-order valence-electron chi connectivity index (χ4n) is 2.41. The molecule has 1 heterocycles. The standard InChI is InChI=1S/C19H26N2O3S/c1-5-8-11-24-15-10-9-14(12-16(15)23-4)13-17-18(22)21(7-3)19(25-17)20-6-2/h9-10,12-13H,5-8,11H2,1-4H3/b17-13-,20-19?. The normalized spacial score (nSPS) is 17.6. The van der Waals surface area contributed by atoms with E-state index in [1.54, 1.807) is 12.0 Å². The van der Waals surface area contributed by atoms with Gasteiger partial charge < -0.3 is 9.47 Å². The Balaban J connectivity index is 2.23. The molecule has 1 aromatic rings. The van der Waals surface area contributed by atoms with Gasteiger partial charge in [0.15, 0.2) is 16.7 Å². The second-order valence-corrected chi connectivity index (χ2v) is 6.54. The summed E-state index contributed by atoms with van der Waals surface area (Å²) in [5.41, 5.74) is 0.907. The second kappa shape index (κ2) is 9.51. The number of hydrogen-bond donors (Lipinski definition) is 0. The van der Waals surface area contributed by atoms with Gasteiger partial charge >= 0.3 is 0 Å². The third-order valence-electron chi connectivity index (χ3n) is 3.74. The van der Waals surface area contributed by atoms with E-state index in [0.717, 1.165) is 29.3 Å². The zero-order valence-electron chi connectivity index (χ0n) is 15.4. The number of amides is 1. The van der Waals surface area contributed by atoms with Crippen LogP contribution in [0.3, 0.4) is 0 Å². The number of benzene rings is 1. The van der Waals surface area contributed by atoms with Gasteiger partial charge in [-0.1, -0.05) is 19.4 Å². The fraction of sp³-hybridized carbons (Fsp3) is 0.474. The van der Waals surface area contributed by atoms with Crippen molar-refractivity contribution in [3.63, 3.8) is 0 Å². The van der Waals surface area contributed by atoms with Crippen LogP contribution in [0.1, 0.15) is 39.2 Å². The van der Waals surface area contributed by atoms with Gasteiger partial charge in [-0.2, -0.15) is 0 Å². The number of thioether (sulfide) groups is 1. The van der Waals surface area contributed by atoms with E-state index < -0.39 is 0 Å². The van der Waals surface area contributed by atoms with E-state index in [9.17, 15) is 4.79 Å². The molecule has 0 N–H and O–H groups in total. The van der Waals surface area contributed by atoms with E-state index in [-0.39, 0.29) is 5.91 Å². The Morgan fingerprint density at radius 1 is 1.24 bits per heavy atom.